The molecule has 3 N–H and O–H groups in total. The van der Waals surface area contributed by atoms with Gasteiger partial charge in [-0.1, -0.05) is 12.1 Å². The third kappa shape index (κ3) is 2.53. The van der Waals surface area contributed by atoms with Crippen LogP contribution in [0, 0.1) is 6.92 Å². The zero-order chi connectivity index (χ0) is 8.97. The fourth-order valence-corrected chi connectivity index (χ4v) is 0.927. The van der Waals surface area contributed by atoms with Gasteiger partial charge < -0.3 is 4.74 Å². The number of nitrogens with one attached hydrogen (secondary N) is 1. The molecule has 1 unspecified atom stereocenters. The van der Waals surface area contributed by atoms with Gasteiger partial charge in [-0.2, -0.15) is 0 Å². The number of benzene rings is 1. The summed E-state index contributed by atoms with van der Waals surface area (Å²) in [6, 6.07) is 7.84. The summed E-state index contributed by atoms with van der Waals surface area (Å²) in [4.78, 5) is 0. The van der Waals surface area contributed by atoms with Crippen molar-refractivity contribution in [2.24, 2.45) is 5.84 Å². The second kappa shape index (κ2) is 4.09. The smallest absolute Gasteiger partial charge is 0.159 e. The van der Waals surface area contributed by atoms with E-state index >= 15 is 0 Å². The van der Waals surface area contributed by atoms with E-state index < -0.39 is 0 Å². The Morgan fingerprint density at radius 3 is 2.83 bits per heavy atom. The average molecular weight is 166 g/mol. The lowest BCUT2D eigenvalue weighted by molar-refractivity contribution is 0.184. The van der Waals surface area contributed by atoms with Gasteiger partial charge in [0.2, 0.25) is 0 Å². The molecule has 1 rings (SSSR count). The Kier molecular flexibility index (Phi) is 3.08. The SMILES string of the molecule is Cc1cccc(OC(C)NN)c1. The quantitative estimate of drug-likeness (QED) is 0.403. The van der Waals surface area contributed by atoms with Crippen LogP contribution >= 0.6 is 0 Å². The van der Waals surface area contributed by atoms with Gasteiger partial charge in [-0.05, 0) is 31.5 Å². The van der Waals surface area contributed by atoms with Crippen molar-refractivity contribution in [3.05, 3.63) is 29.8 Å². The zero-order valence-electron chi connectivity index (χ0n) is 7.37. The third-order valence-corrected chi connectivity index (χ3v) is 1.54. The molecule has 0 amide bonds. The highest BCUT2D eigenvalue weighted by Crippen LogP contribution is 2.12. The second-order valence-corrected chi connectivity index (χ2v) is 2.74. The molecule has 0 aliphatic heterocycles. The van der Waals surface area contributed by atoms with Crippen LogP contribution in [0.2, 0.25) is 0 Å². The fraction of sp³-hybridized carbons (Fsp3) is 0.333. The number of aryl methyl sites for hydroxylation is 1. The Morgan fingerprint density at radius 1 is 1.50 bits per heavy atom. The van der Waals surface area contributed by atoms with Crippen molar-refractivity contribution in [3.8, 4) is 5.75 Å². The van der Waals surface area contributed by atoms with E-state index in [9.17, 15) is 0 Å². The Bertz CT molecular complexity index is 250. The third-order valence-electron chi connectivity index (χ3n) is 1.54. The summed E-state index contributed by atoms with van der Waals surface area (Å²) in [6.07, 6.45) is -0.160. The van der Waals surface area contributed by atoms with Gasteiger partial charge in [0.1, 0.15) is 5.75 Å². The molecule has 1 atom stereocenters. The lowest BCUT2D eigenvalue weighted by Crippen LogP contribution is -2.36. The first-order valence-electron chi connectivity index (χ1n) is 3.92. The van der Waals surface area contributed by atoms with Crippen LogP contribution in [0.25, 0.3) is 0 Å². The fourth-order valence-electron chi connectivity index (χ4n) is 0.927. The summed E-state index contributed by atoms with van der Waals surface area (Å²) in [7, 11) is 0. The van der Waals surface area contributed by atoms with Gasteiger partial charge in [-0.15, -0.1) is 0 Å². The van der Waals surface area contributed by atoms with E-state index in [0.717, 1.165) is 5.75 Å². The average Bonchev–Trinajstić information content (AvgIpc) is 2.04. The number of hydrogen-bond donors (Lipinski definition) is 2. The molecule has 3 nitrogen and oxygen atoms in total. The van der Waals surface area contributed by atoms with Gasteiger partial charge in [0.15, 0.2) is 6.23 Å². The number of ether oxygens (including phenoxy) is 1. The largest absolute Gasteiger partial charge is 0.474 e. The van der Waals surface area contributed by atoms with Crippen molar-refractivity contribution in [3.63, 3.8) is 0 Å². The van der Waals surface area contributed by atoms with E-state index in [4.69, 9.17) is 10.6 Å². The maximum Gasteiger partial charge on any atom is 0.159 e. The van der Waals surface area contributed by atoms with Crippen LogP contribution in [-0.4, -0.2) is 6.23 Å². The molecule has 0 saturated heterocycles. The van der Waals surface area contributed by atoms with Crippen LogP contribution < -0.4 is 16.0 Å². The van der Waals surface area contributed by atoms with Crippen molar-refractivity contribution >= 4 is 0 Å². The summed E-state index contributed by atoms with van der Waals surface area (Å²) in [5.41, 5.74) is 3.69. The first-order chi connectivity index (χ1) is 5.72. The molecule has 0 saturated carbocycles. The highest BCUT2D eigenvalue weighted by Gasteiger charge is 1.99. The first-order valence-corrected chi connectivity index (χ1v) is 3.92. The predicted molar refractivity (Wildman–Crippen MR) is 48.6 cm³/mol. The molecule has 66 valence electrons. The normalized spacial score (nSPS) is 12.6. The second-order valence-electron chi connectivity index (χ2n) is 2.74. The maximum atomic E-state index is 5.41. The van der Waals surface area contributed by atoms with E-state index in [0.29, 0.717) is 0 Å². The van der Waals surface area contributed by atoms with Crippen LogP contribution in [0.1, 0.15) is 12.5 Å². The van der Waals surface area contributed by atoms with E-state index in [1.54, 1.807) is 0 Å². The summed E-state index contributed by atoms with van der Waals surface area (Å²) in [5.74, 6) is 6.02. The molecule has 0 fully saturated rings. The Hall–Kier alpha value is -1.06. The molecule has 0 aliphatic carbocycles. The van der Waals surface area contributed by atoms with Crippen molar-refractivity contribution in [2.45, 2.75) is 20.1 Å². The predicted octanol–water partition coefficient (Wildman–Crippen LogP) is 1.18. The van der Waals surface area contributed by atoms with Crippen molar-refractivity contribution in [1.82, 2.24) is 5.43 Å². The lowest BCUT2D eigenvalue weighted by Gasteiger charge is -2.13. The minimum absolute atomic E-state index is 0.160. The van der Waals surface area contributed by atoms with Crippen LogP contribution in [0.4, 0.5) is 0 Å². The van der Waals surface area contributed by atoms with Crippen LogP contribution in [0.5, 0.6) is 5.75 Å². The summed E-state index contributed by atoms with van der Waals surface area (Å²) in [6.45, 7) is 3.87. The topological polar surface area (TPSA) is 47.3 Å². The van der Waals surface area contributed by atoms with E-state index in [1.165, 1.54) is 5.56 Å². The lowest BCUT2D eigenvalue weighted by atomic mass is 10.2. The number of nitrogens with two attached hydrogens (primary N) is 1. The summed E-state index contributed by atoms with van der Waals surface area (Å²) >= 11 is 0. The van der Waals surface area contributed by atoms with Crippen molar-refractivity contribution < 1.29 is 4.74 Å². The summed E-state index contributed by atoms with van der Waals surface area (Å²) in [5, 5.41) is 0. The number of hydrazine groups is 1. The minimum Gasteiger partial charge on any atom is -0.474 e. The molecule has 0 aliphatic rings. The number of rotatable bonds is 3. The Balaban J connectivity index is 2.63. The van der Waals surface area contributed by atoms with Gasteiger partial charge in [0.25, 0.3) is 0 Å². The molecule has 1 aromatic carbocycles. The molecule has 0 bridgehead atoms. The molecule has 0 radical (unpaired) electrons. The molecular weight excluding hydrogens is 152 g/mol. The maximum absolute atomic E-state index is 5.41. The van der Waals surface area contributed by atoms with Gasteiger partial charge in [-0.3, -0.25) is 5.84 Å². The molecule has 3 heteroatoms. The van der Waals surface area contributed by atoms with Crippen molar-refractivity contribution in [1.29, 1.82) is 0 Å². The van der Waals surface area contributed by atoms with Gasteiger partial charge in [0.05, 0.1) is 0 Å². The van der Waals surface area contributed by atoms with E-state index in [-0.39, 0.29) is 6.23 Å². The monoisotopic (exact) mass is 166 g/mol. The van der Waals surface area contributed by atoms with Crippen LogP contribution in [0.3, 0.4) is 0 Å². The summed E-state index contributed by atoms with van der Waals surface area (Å²) < 4.78 is 5.41. The molecule has 0 heterocycles. The van der Waals surface area contributed by atoms with Crippen LogP contribution in [0.15, 0.2) is 24.3 Å². The molecule has 0 aromatic heterocycles. The highest BCUT2D eigenvalue weighted by molar-refractivity contribution is 5.27. The molecule has 1 aromatic rings. The van der Waals surface area contributed by atoms with E-state index in [1.807, 2.05) is 38.1 Å². The van der Waals surface area contributed by atoms with Crippen molar-refractivity contribution in [2.75, 3.05) is 0 Å². The van der Waals surface area contributed by atoms with Crippen LogP contribution in [-0.2, 0) is 0 Å². The van der Waals surface area contributed by atoms with Gasteiger partial charge >= 0.3 is 0 Å². The molecular formula is C9H14N2O. The zero-order valence-corrected chi connectivity index (χ0v) is 7.37. The standard InChI is InChI=1S/C9H14N2O/c1-7-4-3-5-9(6-7)12-8(2)11-10/h3-6,8,11H,10H2,1-2H3. The highest BCUT2D eigenvalue weighted by atomic mass is 16.5. The Morgan fingerprint density at radius 2 is 2.25 bits per heavy atom. The van der Waals surface area contributed by atoms with Gasteiger partial charge in [-0.25, -0.2) is 5.43 Å². The first kappa shape index (κ1) is 9.03. The minimum atomic E-state index is -0.160. The molecule has 0 spiro atoms. The number of hydrogen-bond acceptors (Lipinski definition) is 3. The molecule has 12 heavy (non-hydrogen) atoms. The Labute approximate surface area is 72.5 Å². The van der Waals surface area contributed by atoms with E-state index in [2.05, 4.69) is 5.43 Å². The van der Waals surface area contributed by atoms with Gasteiger partial charge in [0, 0.05) is 0 Å².